The van der Waals surface area contributed by atoms with Crippen molar-refractivity contribution >= 4 is 23.4 Å². The van der Waals surface area contributed by atoms with Crippen molar-refractivity contribution in [1.82, 2.24) is 9.97 Å². The standard InChI is InChI=1S/C10H6N2OS/c13-6-3-9-7-14-10(12-9)8-1-4-11-5-2-8/h1-5,7H. The van der Waals surface area contributed by atoms with Crippen molar-refractivity contribution in [1.29, 1.82) is 0 Å². The molecule has 0 saturated heterocycles. The molecule has 3 nitrogen and oxygen atoms in total. The van der Waals surface area contributed by atoms with Crippen LogP contribution in [-0.2, 0) is 4.79 Å². The first-order valence-corrected chi connectivity index (χ1v) is 4.85. The number of thiazole rings is 1. The summed E-state index contributed by atoms with van der Waals surface area (Å²) in [6.45, 7) is 0. The Balaban J connectivity index is 2.39. The fraction of sp³-hybridized carbons (Fsp3) is 0. The summed E-state index contributed by atoms with van der Waals surface area (Å²) >= 11 is 1.49. The zero-order chi connectivity index (χ0) is 9.80. The lowest BCUT2D eigenvalue weighted by Gasteiger charge is -1.91. The van der Waals surface area contributed by atoms with Crippen molar-refractivity contribution in [2.24, 2.45) is 0 Å². The molecule has 0 aliphatic heterocycles. The van der Waals surface area contributed by atoms with Gasteiger partial charge in [-0.3, -0.25) is 4.98 Å². The summed E-state index contributed by atoms with van der Waals surface area (Å²) in [6, 6.07) is 3.76. The first-order valence-electron chi connectivity index (χ1n) is 3.97. The minimum atomic E-state index is 0.650. The van der Waals surface area contributed by atoms with Gasteiger partial charge in [-0.1, -0.05) is 0 Å². The second-order valence-corrected chi connectivity index (χ2v) is 3.43. The van der Waals surface area contributed by atoms with Crippen molar-refractivity contribution in [3.63, 3.8) is 0 Å². The van der Waals surface area contributed by atoms with Crippen LogP contribution in [0.5, 0.6) is 0 Å². The van der Waals surface area contributed by atoms with E-state index in [0.717, 1.165) is 10.6 Å². The lowest BCUT2D eigenvalue weighted by Crippen LogP contribution is -1.77. The molecular weight excluding hydrogens is 196 g/mol. The molecule has 2 aromatic rings. The van der Waals surface area contributed by atoms with Gasteiger partial charge in [-0.25, -0.2) is 9.78 Å². The highest BCUT2D eigenvalue weighted by Crippen LogP contribution is 2.22. The summed E-state index contributed by atoms with van der Waals surface area (Å²) in [4.78, 5) is 18.3. The monoisotopic (exact) mass is 202 g/mol. The minimum absolute atomic E-state index is 0.650. The van der Waals surface area contributed by atoms with Crippen molar-refractivity contribution in [2.45, 2.75) is 0 Å². The number of nitrogens with zero attached hydrogens (tertiary/aromatic N) is 2. The second kappa shape index (κ2) is 3.96. The molecule has 4 heteroatoms. The van der Waals surface area contributed by atoms with E-state index in [9.17, 15) is 4.79 Å². The van der Waals surface area contributed by atoms with Gasteiger partial charge >= 0.3 is 0 Å². The molecule has 0 aliphatic carbocycles. The van der Waals surface area contributed by atoms with Crippen molar-refractivity contribution in [3.8, 4) is 10.6 Å². The van der Waals surface area contributed by atoms with Crippen LogP contribution < -0.4 is 0 Å². The third-order valence-corrected chi connectivity index (χ3v) is 2.57. The van der Waals surface area contributed by atoms with Gasteiger partial charge in [0.05, 0.1) is 5.69 Å². The SMILES string of the molecule is O=C=Cc1csc(-c2ccncc2)n1. The molecule has 2 aromatic heterocycles. The average Bonchev–Trinajstić information content (AvgIpc) is 2.68. The zero-order valence-electron chi connectivity index (χ0n) is 7.18. The molecule has 0 spiro atoms. The maximum absolute atomic E-state index is 10.1. The number of pyridine rings is 1. The summed E-state index contributed by atoms with van der Waals surface area (Å²) in [6.07, 6.45) is 4.75. The van der Waals surface area contributed by atoms with E-state index in [0.29, 0.717) is 5.69 Å². The minimum Gasteiger partial charge on any atom is -0.265 e. The predicted octanol–water partition coefficient (Wildman–Crippen LogP) is 2.05. The highest BCUT2D eigenvalue weighted by molar-refractivity contribution is 7.13. The fourth-order valence-corrected chi connectivity index (χ4v) is 1.82. The summed E-state index contributed by atoms with van der Waals surface area (Å²) < 4.78 is 0. The topological polar surface area (TPSA) is 42.9 Å². The van der Waals surface area contributed by atoms with E-state index in [4.69, 9.17) is 0 Å². The van der Waals surface area contributed by atoms with Gasteiger partial charge in [-0.15, -0.1) is 11.3 Å². The van der Waals surface area contributed by atoms with Crippen LogP contribution in [0.3, 0.4) is 0 Å². The van der Waals surface area contributed by atoms with E-state index < -0.39 is 0 Å². The maximum atomic E-state index is 10.1. The number of carbonyl (C=O) groups excluding carboxylic acids is 1. The molecule has 0 bridgehead atoms. The van der Waals surface area contributed by atoms with Gasteiger partial charge in [-0.2, -0.15) is 0 Å². The predicted molar refractivity (Wildman–Crippen MR) is 55.5 cm³/mol. The van der Waals surface area contributed by atoms with Crippen LogP contribution in [0.1, 0.15) is 5.69 Å². The number of hydrogen-bond acceptors (Lipinski definition) is 4. The van der Waals surface area contributed by atoms with Crippen molar-refractivity contribution in [3.05, 3.63) is 35.6 Å². The molecule has 0 fully saturated rings. The van der Waals surface area contributed by atoms with Gasteiger partial charge in [0.25, 0.3) is 0 Å². The Morgan fingerprint density at radius 1 is 1.36 bits per heavy atom. The van der Waals surface area contributed by atoms with E-state index in [1.807, 2.05) is 17.5 Å². The number of hydrogen-bond donors (Lipinski definition) is 0. The molecule has 0 aliphatic rings. The highest BCUT2D eigenvalue weighted by atomic mass is 32.1. The Bertz CT molecular complexity index is 472. The largest absolute Gasteiger partial charge is 0.265 e. The second-order valence-electron chi connectivity index (χ2n) is 2.58. The Labute approximate surface area is 84.8 Å². The van der Waals surface area contributed by atoms with Crippen LogP contribution >= 0.6 is 11.3 Å². The van der Waals surface area contributed by atoms with Gasteiger partial charge in [0.1, 0.15) is 10.9 Å². The Kier molecular flexibility index (Phi) is 2.49. The van der Waals surface area contributed by atoms with Gasteiger partial charge in [0.2, 0.25) is 0 Å². The normalized spacial score (nSPS) is 9.43. The molecule has 0 N–H and O–H groups in total. The third kappa shape index (κ3) is 1.76. The fourth-order valence-electron chi connectivity index (χ4n) is 1.04. The number of rotatable bonds is 2. The summed E-state index contributed by atoms with van der Waals surface area (Å²) in [5, 5.41) is 2.70. The molecular formula is C10H6N2OS. The van der Waals surface area contributed by atoms with Crippen LogP contribution in [0.25, 0.3) is 16.6 Å². The van der Waals surface area contributed by atoms with Crippen molar-refractivity contribution < 1.29 is 4.79 Å². The molecule has 0 radical (unpaired) electrons. The smallest absolute Gasteiger partial charge is 0.126 e. The van der Waals surface area contributed by atoms with Crippen LogP contribution in [0.4, 0.5) is 0 Å². The molecule has 68 valence electrons. The van der Waals surface area contributed by atoms with Crippen LogP contribution in [0, 0.1) is 0 Å². The van der Waals surface area contributed by atoms with E-state index in [1.165, 1.54) is 17.4 Å². The lowest BCUT2D eigenvalue weighted by molar-refractivity contribution is 0.570. The van der Waals surface area contributed by atoms with Crippen LogP contribution in [0.15, 0.2) is 29.9 Å². The van der Waals surface area contributed by atoms with Crippen LogP contribution in [-0.4, -0.2) is 15.9 Å². The molecule has 2 heterocycles. The first kappa shape index (κ1) is 8.81. The molecule has 14 heavy (non-hydrogen) atoms. The number of aromatic nitrogens is 2. The van der Waals surface area contributed by atoms with E-state index in [2.05, 4.69) is 9.97 Å². The van der Waals surface area contributed by atoms with Gasteiger partial charge in [-0.05, 0) is 12.1 Å². The van der Waals surface area contributed by atoms with Gasteiger partial charge in [0, 0.05) is 29.4 Å². The van der Waals surface area contributed by atoms with Gasteiger partial charge in [0.15, 0.2) is 0 Å². The molecule has 0 atom stereocenters. The Morgan fingerprint density at radius 2 is 2.14 bits per heavy atom. The summed E-state index contributed by atoms with van der Waals surface area (Å²) in [5.74, 6) is 1.71. The van der Waals surface area contributed by atoms with E-state index in [1.54, 1.807) is 18.3 Å². The van der Waals surface area contributed by atoms with Crippen LogP contribution in [0.2, 0.25) is 0 Å². The van der Waals surface area contributed by atoms with E-state index in [-0.39, 0.29) is 0 Å². The molecule has 0 amide bonds. The molecule has 0 saturated carbocycles. The van der Waals surface area contributed by atoms with E-state index >= 15 is 0 Å². The average molecular weight is 202 g/mol. The molecule has 2 rings (SSSR count). The quantitative estimate of drug-likeness (QED) is 0.700. The lowest BCUT2D eigenvalue weighted by atomic mass is 10.3. The Morgan fingerprint density at radius 3 is 2.86 bits per heavy atom. The zero-order valence-corrected chi connectivity index (χ0v) is 7.99. The highest BCUT2D eigenvalue weighted by Gasteiger charge is 2.01. The first-order chi connectivity index (χ1) is 6.90. The summed E-state index contributed by atoms with van der Waals surface area (Å²) in [7, 11) is 0. The van der Waals surface area contributed by atoms with Gasteiger partial charge < -0.3 is 0 Å². The maximum Gasteiger partial charge on any atom is 0.126 e. The third-order valence-electron chi connectivity index (χ3n) is 1.66. The summed E-state index contributed by atoms with van der Waals surface area (Å²) in [5.41, 5.74) is 1.66. The van der Waals surface area contributed by atoms with Crippen molar-refractivity contribution in [2.75, 3.05) is 0 Å². The molecule has 0 aromatic carbocycles. The Hall–Kier alpha value is -1.77. The molecule has 0 unspecified atom stereocenters.